The van der Waals surface area contributed by atoms with Crippen molar-refractivity contribution in [3.63, 3.8) is 0 Å². The Balaban J connectivity index is 2.30. The zero-order valence-corrected chi connectivity index (χ0v) is 12.0. The standard InChI is InChI=1S/C14H17FN2OS/c1-9(18)12-5-4-6-13(15)14(12)17(3)7-11-8-19-10(2)16-11/h4-6,8-9,18H,7H2,1-3H3. The lowest BCUT2D eigenvalue weighted by molar-refractivity contribution is 0.199. The molecule has 1 unspecified atom stereocenters. The number of rotatable bonds is 4. The van der Waals surface area contributed by atoms with E-state index in [9.17, 15) is 9.50 Å². The minimum Gasteiger partial charge on any atom is -0.389 e. The molecule has 0 bridgehead atoms. The maximum absolute atomic E-state index is 14.0. The zero-order chi connectivity index (χ0) is 14.0. The van der Waals surface area contributed by atoms with Gasteiger partial charge in [-0.15, -0.1) is 11.3 Å². The van der Waals surface area contributed by atoms with Crippen LogP contribution in [0.3, 0.4) is 0 Å². The molecular weight excluding hydrogens is 263 g/mol. The first kappa shape index (κ1) is 14.0. The van der Waals surface area contributed by atoms with Gasteiger partial charge in [0.15, 0.2) is 0 Å². The van der Waals surface area contributed by atoms with Gasteiger partial charge in [0.25, 0.3) is 0 Å². The lowest BCUT2D eigenvalue weighted by Gasteiger charge is -2.23. The Kier molecular flexibility index (Phi) is 4.17. The highest BCUT2D eigenvalue weighted by Gasteiger charge is 2.17. The molecular formula is C14H17FN2OS. The highest BCUT2D eigenvalue weighted by atomic mass is 32.1. The summed E-state index contributed by atoms with van der Waals surface area (Å²) in [6, 6.07) is 4.76. The molecule has 1 heterocycles. The van der Waals surface area contributed by atoms with E-state index in [0.717, 1.165) is 10.7 Å². The molecule has 2 aromatic rings. The van der Waals surface area contributed by atoms with Crippen LogP contribution in [0.5, 0.6) is 0 Å². The molecule has 0 amide bonds. The summed E-state index contributed by atoms with van der Waals surface area (Å²) in [7, 11) is 1.80. The Hall–Kier alpha value is -1.46. The van der Waals surface area contributed by atoms with Crippen molar-refractivity contribution >= 4 is 17.0 Å². The van der Waals surface area contributed by atoms with E-state index in [1.54, 1.807) is 42.3 Å². The van der Waals surface area contributed by atoms with E-state index in [4.69, 9.17) is 0 Å². The van der Waals surface area contributed by atoms with Crippen LogP contribution in [0.4, 0.5) is 10.1 Å². The molecule has 2 rings (SSSR count). The fraction of sp³-hybridized carbons (Fsp3) is 0.357. The van der Waals surface area contributed by atoms with Gasteiger partial charge in [0.05, 0.1) is 29.0 Å². The van der Waals surface area contributed by atoms with Crippen LogP contribution in [-0.4, -0.2) is 17.1 Å². The molecule has 3 nitrogen and oxygen atoms in total. The van der Waals surface area contributed by atoms with Crippen molar-refractivity contribution < 1.29 is 9.50 Å². The van der Waals surface area contributed by atoms with Crippen molar-refractivity contribution in [1.82, 2.24) is 4.98 Å². The summed E-state index contributed by atoms with van der Waals surface area (Å²) >= 11 is 1.58. The molecule has 1 atom stereocenters. The molecule has 5 heteroatoms. The van der Waals surface area contributed by atoms with Crippen LogP contribution in [0.15, 0.2) is 23.6 Å². The van der Waals surface area contributed by atoms with Gasteiger partial charge in [0.2, 0.25) is 0 Å². The summed E-state index contributed by atoms with van der Waals surface area (Å²) in [5.74, 6) is -0.326. The SMILES string of the molecule is Cc1nc(CN(C)c2c(F)cccc2C(C)O)cs1. The second-order valence-electron chi connectivity index (χ2n) is 4.57. The minimum absolute atomic E-state index is 0.326. The lowest BCUT2D eigenvalue weighted by Crippen LogP contribution is -2.20. The maximum atomic E-state index is 14.0. The first-order valence-corrected chi connectivity index (χ1v) is 6.95. The van der Waals surface area contributed by atoms with E-state index in [0.29, 0.717) is 17.8 Å². The van der Waals surface area contributed by atoms with Crippen molar-refractivity contribution in [2.75, 3.05) is 11.9 Å². The average Bonchev–Trinajstić information content (AvgIpc) is 2.74. The third kappa shape index (κ3) is 3.11. The number of anilines is 1. The second kappa shape index (κ2) is 5.67. The fourth-order valence-corrected chi connectivity index (χ4v) is 2.68. The highest BCUT2D eigenvalue weighted by molar-refractivity contribution is 7.09. The third-order valence-electron chi connectivity index (χ3n) is 2.92. The van der Waals surface area contributed by atoms with Crippen LogP contribution in [-0.2, 0) is 6.54 Å². The van der Waals surface area contributed by atoms with E-state index in [-0.39, 0.29) is 5.82 Å². The second-order valence-corrected chi connectivity index (χ2v) is 5.63. The van der Waals surface area contributed by atoms with Crippen molar-refractivity contribution in [3.05, 3.63) is 45.7 Å². The molecule has 1 aromatic heterocycles. The van der Waals surface area contributed by atoms with Gasteiger partial charge in [0.1, 0.15) is 5.82 Å². The van der Waals surface area contributed by atoms with Gasteiger partial charge in [-0.2, -0.15) is 0 Å². The predicted molar refractivity (Wildman–Crippen MR) is 76.0 cm³/mol. The van der Waals surface area contributed by atoms with Gasteiger partial charge in [-0.3, -0.25) is 0 Å². The van der Waals surface area contributed by atoms with E-state index in [1.165, 1.54) is 6.07 Å². The first-order chi connectivity index (χ1) is 8.99. The quantitative estimate of drug-likeness (QED) is 0.933. The van der Waals surface area contributed by atoms with Gasteiger partial charge < -0.3 is 10.0 Å². The molecule has 0 radical (unpaired) electrons. The largest absolute Gasteiger partial charge is 0.389 e. The number of hydrogen-bond acceptors (Lipinski definition) is 4. The zero-order valence-electron chi connectivity index (χ0n) is 11.2. The van der Waals surface area contributed by atoms with E-state index in [2.05, 4.69) is 4.98 Å². The molecule has 102 valence electrons. The molecule has 0 aliphatic carbocycles. The molecule has 0 spiro atoms. The van der Waals surface area contributed by atoms with Crippen molar-refractivity contribution in [2.24, 2.45) is 0 Å². The Labute approximate surface area is 116 Å². The van der Waals surface area contributed by atoms with Gasteiger partial charge in [0, 0.05) is 18.0 Å². The Bertz CT molecular complexity index is 568. The molecule has 1 N–H and O–H groups in total. The van der Waals surface area contributed by atoms with Crippen LogP contribution < -0.4 is 4.90 Å². The topological polar surface area (TPSA) is 36.4 Å². The molecule has 19 heavy (non-hydrogen) atoms. The monoisotopic (exact) mass is 280 g/mol. The average molecular weight is 280 g/mol. The van der Waals surface area contributed by atoms with Gasteiger partial charge in [-0.1, -0.05) is 12.1 Å². The van der Waals surface area contributed by atoms with Gasteiger partial charge >= 0.3 is 0 Å². The molecule has 0 saturated heterocycles. The number of nitrogens with zero attached hydrogens (tertiary/aromatic N) is 2. The number of aromatic nitrogens is 1. The fourth-order valence-electron chi connectivity index (χ4n) is 2.07. The number of benzene rings is 1. The minimum atomic E-state index is -0.703. The van der Waals surface area contributed by atoms with Gasteiger partial charge in [-0.25, -0.2) is 9.37 Å². The van der Waals surface area contributed by atoms with Gasteiger partial charge in [-0.05, 0) is 19.9 Å². The summed E-state index contributed by atoms with van der Waals surface area (Å²) in [5, 5.41) is 12.7. The van der Waals surface area contributed by atoms with Crippen LogP contribution >= 0.6 is 11.3 Å². The summed E-state index contributed by atoms with van der Waals surface area (Å²) in [4.78, 5) is 6.16. The highest BCUT2D eigenvalue weighted by Crippen LogP contribution is 2.29. The van der Waals surface area contributed by atoms with E-state index >= 15 is 0 Å². The predicted octanol–water partition coefficient (Wildman–Crippen LogP) is 3.28. The number of aryl methyl sites for hydroxylation is 1. The smallest absolute Gasteiger partial charge is 0.146 e. The van der Waals surface area contributed by atoms with Crippen LogP contribution in [0.25, 0.3) is 0 Å². The number of halogens is 1. The lowest BCUT2D eigenvalue weighted by atomic mass is 10.1. The summed E-state index contributed by atoms with van der Waals surface area (Å²) in [5.41, 5.74) is 1.93. The van der Waals surface area contributed by atoms with E-state index in [1.807, 2.05) is 12.3 Å². The van der Waals surface area contributed by atoms with E-state index < -0.39 is 6.10 Å². The molecule has 1 aromatic carbocycles. The normalized spacial score (nSPS) is 12.5. The Morgan fingerprint density at radius 2 is 2.21 bits per heavy atom. The van der Waals surface area contributed by atoms with Crippen LogP contribution in [0, 0.1) is 12.7 Å². The number of aliphatic hydroxyl groups excluding tert-OH is 1. The molecule has 0 saturated carbocycles. The number of hydrogen-bond donors (Lipinski definition) is 1. The van der Waals surface area contributed by atoms with Crippen LogP contribution in [0.1, 0.15) is 29.3 Å². The summed E-state index contributed by atoms with van der Waals surface area (Å²) in [6.07, 6.45) is -0.703. The summed E-state index contributed by atoms with van der Waals surface area (Å²) < 4.78 is 14.0. The number of thiazole rings is 1. The molecule has 0 fully saturated rings. The molecule has 0 aliphatic rings. The number of para-hydroxylation sites is 1. The van der Waals surface area contributed by atoms with Crippen molar-refractivity contribution in [1.29, 1.82) is 0 Å². The number of aliphatic hydroxyl groups is 1. The van der Waals surface area contributed by atoms with Crippen molar-refractivity contribution in [2.45, 2.75) is 26.5 Å². The molecule has 0 aliphatic heterocycles. The maximum Gasteiger partial charge on any atom is 0.146 e. The summed E-state index contributed by atoms with van der Waals surface area (Å²) in [6.45, 7) is 4.10. The van der Waals surface area contributed by atoms with Crippen LogP contribution in [0.2, 0.25) is 0 Å². The Morgan fingerprint density at radius 1 is 1.47 bits per heavy atom. The first-order valence-electron chi connectivity index (χ1n) is 6.07. The Morgan fingerprint density at radius 3 is 2.79 bits per heavy atom. The van der Waals surface area contributed by atoms with Crippen molar-refractivity contribution in [3.8, 4) is 0 Å². The third-order valence-corrected chi connectivity index (χ3v) is 3.74.